The lowest BCUT2D eigenvalue weighted by Gasteiger charge is -1.90. The maximum Gasteiger partial charge on any atom is 0.243 e. The number of rotatable bonds is 2. The Bertz CT molecular complexity index is 233. The number of nitro groups is 1. The van der Waals surface area contributed by atoms with Crippen molar-refractivity contribution in [3.8, 4) is 0 Å². The molecule has 1 fully saturated rings. The van der Waals surface area contributed by atoms with Crippen molar-refractivity contribution in [1.29, 1.82) is 0 Å². The third-order valence-corrected chi connectivity index (χ3v) is 2.09. The Labute approximate surface area is 71.9 Å². The van der Waals surface area contributed by atoms with Crippen molar-refractivity contribution in [2.24, 2.45) is 0 Å². The van der Waals surface area contributed by atoms with Gasteiger partial charge in [0, 0.05) is 13.0 Å². The Hall–Kier alpha value is -1.12. The van der Waals surface area contributed by atoms with E-state index in [-0.39, 0.29) is 10.6 Å². The SMILES string of the molecule is C/C(=C\C=C1CCCC1)[N+](=O)[O-]. The van der Waals surface area contributed by atoms with Crippen LogP contribution in [0.5, 0.6) is 0 Å². The molecule has 3 heteroatoms. The van der Waals surface area contributed by atoms with Gasteiger partial charge in [0.05, 0.1) is 4.92 Å². The van der Waals surface area contributed by atoms with E-state index in [2.05, 4.69) is 0 Å². The van der Waals surface area contributed by atoms with E-state index in [9.17, 15) is 10.1 Å². The van der Waals surface area contributed by atoms with Crippen LogP contribution in [0, 0.1) is 10.1 Å². The molecule has 0 amide bonds. The van der Waals surface area contributed by atoms with E-state index in [0.29, 0.717) is 0 Å². The van der Waals surface area contributed by atoms with Crippen molar-refractivity contribution in [3.63, 3.8) is 0 Å². The van der Waals surface area contributed by atoms with Gasteiger partial charge in [-0.3, -0.25) is 10.1 Å². The first-order valence-corrected chi connectivity index (χ1v) is 4.21. The lowest BCUT2D eigenvalue weighted by atomic mass is 10.2. The summed E-state index contributed by atoms with van der Waals surface area (Å²) in [5, 5.41) is 10.2. The second kappa shape index (κ2) is 4.04. The Balaban J connectivity index is 2.56. The largest absolute Gasteiger partial charge is 0.259 e. The van der Waals surface area contributed by atoms with Crippen molar-refractivity contribution < 1.29 is 4.92 Å². The molecule has 1 aliphatic carbocycles. The molecule has 0 aromatic rings. The predicted octanol–water partition coefficient (Wildman–Crippen LogP) is 2.67. The van der Waals surface area contributed by atoms with Crippen LogP contribution in [0.3, 0.4) is 0 Å². The molecular weight excluding hydrogens is 154 g/mol. The van der Waals surface area contributed by atoms with Crippen molar-refractivity contribution in [1.82, 2.24) is 0 Å². The summed E-state index contributed by atoms with van der Waals surface area (Å²) >= 11 is 0. The second-order valence-electron chi connectivity index (χ2n) is 3.10. The van der Waals surface area contributed by atoms with E-state index in [1.165, 1.54) is 25.3 Å². The molecule has 12 heavy (non-hydrogen) atoms. The molecule has 0 aromatic carbocycles. The fourth-order valence-electron chi connectivity index (χ4n) is 1.30. The third-order valence-electron chi connectivity index (χ3n) is 2.09. The van der Waals surface area contributed by atoms with Crippen molar-refractivity contribution >= 4 is 0 Å². The van der Waals surface area contributed by atoms with Gasteiger partial charge in [-0.15, -0.1) is 0 Å². The number of hydrogen-bond donors (Lipinski definition) is 0. The zero-order valence-corrected chi connectivity index (χ0v) is 7.25. The van der Waals surface area contributed by atoms with Gasteiger partial charge in [-0.25, -0.2) is 0 Å². The molecule has 1 saturated carbocycles. The van der Waals surface area contributed by atoms with Crippen molar-refractivity contribution in [3.05, 3.63) is 33.5 Å². The van der Waals surface area contributed by atoms with E-state index in [0.717, 1.165) is 12.8 Å². The Kier molecular flexibility index (Phi) is 3.02. The molecule has 1 rings (SSSR count). The lowest BCUT2D eigenvalue weighted by molar-refractivity contribution is -0.424. The Morgan fingerprint density at radius 1 is 1.50 bits per heavy atom. The third kappa shape index (κ3) is 2.49. The van der Waals surface area contributed by atoms with Crippen LogP contribution in [0.2, 0.25) is 0 Å². The maximum absolute atomic E-state index is 10.2. The fraction of sp³-hybridized carbons (Fsp3) is 0.556. The van der Waals surface area contributed by atoms with Gasteiger partial charge in [-0.05, 0) is 25.7 Å². The maximum atomic E-state index is 10.2. The van der Waals surface area contributed by atoms with E-state index >= 15 is 0 Å². The highest BCUT2D eigenvalue weighted by Crippen LogP contribution is 2.23. The zero-order valence-electron chi connectivity index (χ0n) is 7.25. The first-order chi connectivity index (χ1) is 5.70. The summed E-state index contributed by atoms with van der Waals surface area (Å²) < 4.78 is 0. The van der Waals surface area contributed by atoms with Gasteiger partial charge in [0.15, 0.2) is 0 Å². The molecular formula is C9H13NO2. The van der Waals surface area contributed by atoms with Gasteiger partial charge in [0.1, 0.15) is 0 Å². The smallest absolute Gasteiger partial charge is 0.243 e. The summed E-state index contributed by atoms with van der Waals surface area (Å²) in [6.45, 7) is 1.52. The first kappa shape index (κ1) is 8.97. The fourth-order valence-corrected chi connectivity index (χ4v) is 1.30. The van der Waals surface area contributed by atoms with Gasteiger partial charge in [-0.2, -0.15) is 0 Å². The van der Waals surface area contributed by atoms with Crippen LogP contribution >= 0.6 is 0 Å². The molecule has 3 nitrogen and oxygen atoms in total. The van der Waals surface area contributed by atoms with E-state index in [1.54, 1.807) is 6.08 Å². The Morgan fingerprint density at radius 3 is 2.58 bits per heavy atom. The van der Waals surface area contributed by atoms with Gasteiger partial charge in [-0.1, -0.05) is 11.6 Å². The minimum absolute atomic E-state index is 0.217. The minimum Gasteiger partial charge on any atom is -0.259 e. The molecule has 0 spiro atoms. The molecule has 0 aliphatic heterocycles. The zero-order chi connectivity index (χ0) is 8.97. The summed E-state index contributed by atoms with van der Waals surface area (Å²) in [6, 6.07) is 0. The topological polar surface area (TPSA) is 43.1 Å². The normalized spacial score (nSPS) is 18.1. The van der Waals surface area contributed by atoms with Crippen LogP contribution in [0.15, 0.2) is 23.4 Å². The van der Waals surface area contributed by atoms with Crippen LogP contribution in [-0.4, -0.2) is 4.92 Å². The monoisotopic (exact) mass is 167 g/mol. The van der Waals surface area contributed by atoms with Crippen LogP contribution < -0.4 is 0 Å². The van der Waals surface area contributed by atoms with Gasteiger partial charge >= 0.3 is 0 Å². The van der Waals surface area contributed by atoms with E-state index in [1.807, 2.05) is 6.08 Å². The highest BCUT2D eigenvalue weighted by Gasteiger charge is 2.05. The minimum atomic E-state index is -0.355. The van der Waals surface area contributed by atoms with Crippen molar-refractivity contribution in [2.75, 3.05) is 0 Å². The summed E-state index contributed by atoms with van der Waals surface area (Å²) in [4.78, 5) is 9.86. The first-order valence-electron chi connectivity index (χ1n) is 4.21. The van der Waals surface area contributed by atoms with Gasteiger partial charge in [0.2, 0.25) is 5.70 Å². The molecule has 0 N–H and O–H groups in total. The highest BCUT2D eigenvalue weighted by atomic mass is 16.6. The molecule has 0 radical (unpaired) electrons. The average molecular weight is 167 g/mol. The molecule has 0 atom stereocenters. The van der Waals surface area contributed by atoms with Crippen LogP contribution in [0.25, 0.3) is 0 Å². The average Bonchev–Trinajstić information content (AvgIpc) is 2.51. The number of allylic oxidation sites excluding steroid dienone is 4. The predicted molar refractivity (Wildman–Crippen MR) is 47.3 cm³/mol. The molecule has 0 unspecified atom stereocenters. The van der Waals surface area contributed by atoms with E-state index < -0.39 is 0 Å². The van der Waals surface area contributed by atoms with Crippen LogP contribution in [0.4, 0.5) is 0 Å². The van der Waals surface area contributed by atoms with E-state index in [4.69, 9.17) is 0 Å². The number of hydrogen-bond acceptors (Lipinski definition) is 2. The van der Waals surface area contributed by atoms with Crippen LogP contribution in [-0.2, 0) is 0 Å². The number of nitrogens with zero attached hydrogens (tertiary/aromatic N) is 1. The Morgan fingerprint density at radius 2 is 2.08 bits per heavy atom. The van der Waals surface area contributed by atoms with Crippen LogP contribution in [0.1, 0.15) is 32.6 Å². The standard InChI is InChI=1S/C9H13NO2/c1-8(10(11)12)6-7-9-4-2-3-5-9/h6-7H,2-5H2,1H3/b8-6+. The summed E-state index contributed by atoms with van der Waals surface area (Å²) in [6.07, 6.45) is 8.18. The molecule has 0 bridgehead atoms. The lowest BCUT2D eigenvalue weighted by Crippen LogP contribution is -1.92. The highest BCUT2D eigenvalue weighted by molar-refractivity contribution is 5.15. The summed E-state index contributed by atoms with van der Waals surface area (Å²) in [5.74, 6) is 0. The second-order valence-corrected chi connectivity index (χ2v) is 3.10. The summed E-state index contributed by atoms with van der Waals surface area (Å²) in [5.41, 5.74) is 1.56. The van der Waals surface area contributed by atoms with Crippen molar-refractivity contribution in [2.45, 2.75) is 32.6 Å². The molecule has 66 valence electrons. The molecule has 1 aliphatic rings. The summed E-state index contributed by atoms with van der Waals surface area (Å²) in [7, 11) is 0. The molecule has 0 saturated heterocycles. The molecule has 0 heterocycles. The quantitative estimate of drug-likeness (QED) is 0.468. The van der Waals surface area contributed by atoms with Gasteiger partial charge in [0.25, 0.3) is 0 Å². The van der Waals surface area contributed by atoms with Gasteiger partial charge < -0.3 is 0 Å². The molecule has 0 aromatic heterocycles.